The van der Waals surface area contributed by atoms with Crippen LogP contribution < -0.4 is 0 Å². The van der Waals surface area contributed by atoms with Gasteiger partial charge in [-0.1, -0.05) is 0 Å². The van der Waals surface area contributed by atoms with Crippen molar-refractivity contribution in [2.45, 2.75) is 44.8 Å². The molecule has 0 N–H and O–H groups in total. The molecule has 0 aromatic heterocycles. The predicted molar refractivity (Wildman–Crippen MR) is 62.8 cm³/mol. The molecule has 2 heterocycles. The lowest BCUT2D eigenvalue weighted by molar-refractivity contribution is -0.143. The van der Waals surface area contributed by atoms with Crippen molar-refractivity contribution in [2.24, 2.45) is 11.8 Å². The highest BCUT2D eigenvalue weighted by atomic mass is 16.6. The summed E-state index contributed by atoms with van der Waals surface area (Å²) in [6.45, 7) is 6.58. The first-order valence-electron chi connectivity index (χ1n) is 6.52. The van der Waals surface area contributed by atoms with Crippen LogP contribution in [0.2, 0.25) is 0 Å². The summed E-state index contributed by atoms with van der Waals surface area (Å²) in [5.41, 5.74) is -0.895. The molecule has 1 spiro atoms. The lowest BCUT2D eigenvalue weighted by Crippen LogP contribution is -2.63. The second kappa shape index (κ2) is 3.39. The predicted octanol–water partition coefficient (Wildman–Crippen LogP) is 1.56. The minimum Gasteiger partial charge on any atom is -0.463 e. The number of hydrogen-bond acceptors (Lipinski definition) is 4. The summed E-state index contributed by atoms with van der Waals surface area (Å²) in [7, 11) is 0. The van der Waals surface area contributed by atoms with Crippen LogP contribution in [-0.4, -0.2) is 41.3 Å². The molecule has 5 nitrogen and oxygen atoms in total. The van der Waals surface area contributed by atoms with Gasteiger partial charge in [0, 0.05) is 6.54 Å². The topological polar surface area (TPSA) is 55.8 Å². The number of nitrogens with zero attached hydrogens (tertiary/aromatic N) is 1. The lowest BCUT2D eigenvalue weighted by atomic mass is 9.60. The van der Waals surface area contributed by atoms with Crippen molar-refractivity contribution in [1.82, 2.24) is 4.90 Å². The van der Waals surface area contributed by atoms with E-state index in [-0.39, 0.29) is 23.5 Å². The summed E-state index contributed by atoms with van der Waals surface area (Å²) >= 11 is 0. The van der Waals surface area contributed by atoms with E-state index in [1.54, 1.807) is 4.90 Å². The van der Waals surface area contributed by atoms with E-state index < -0.39 is 5.60 Å². The molecule has 3 aliphatic rings. The summed E-state index contributed by atoms with van der Waals surface area (Å²) in [6, 6.07) is 0. The van der Waals surface area contributed by atoms with Crippen molar-refractivity contribution >= 4 is 12.1 Å². The zero-order valence-electron chi connectivity index (χ0n) is 11.1. The fourth-order valence-electron chi connectivity index (χ4n) is 3.55. The Morgan fingerprint density at radius 1 is 1.50 bits per heavy atom. The van der Waals surface area contributed by atoms with E-state index >= 15 is 0 Å². The maximum Gasteiger partial charge on any atom is 0.410 e. The number of carbonyl (C=O) groups is 2. The van der Waals surface area contributed by atoms with Gasteiger partial charge in [0.05, 0.1) is 11.5 Å². The Bertz CT molecular complexity index is 414. The van der Waals surface area contributed by atoms with Gasteiger partial charge in [0.1, 0.15) is 12.2 Å². The number of amides is 1. The van der Waals surface area contributed by atoms with E-state index in [0.29, 0.717) is 19.1 Å². The SMILES string of the molecule is CC(C)(C)OC(=O)N1CC[C@H]2C[C@@H]3C(=O)OC[C@]231. The van der Waals surface area contributed by atoms with E-state index in [4.69, 9.17) is 9.47 Å². The number of likely N-dealkylation sites (tertiary alicyclic amines) is 1. The smallest absolute Gasteiger partial charge is 0.410 e. The summed E-state index contributed by atoms with van der Waals surface area (Å²) in [5, 5.41) is 0. The molecule has 18 heavy (non-hydrogen) atoms. The number of esters is 1. The molecule has 3 rings (SSSR count). The molecule has 100 valence electrons. The Kier molecular flexibility index (Phi) is 2.23. The molecule has 0 radical (unpaired) electrons. The van der Waals surface area contributed by atoms with E-state index in [9.17, 15) is 9.59 Å². The molecule has 2 aliphatic heterocycles. The van der Waals surface area contributed by atoms with Crippen LogP contribution in [0.5, 0.6) is 0 Å². The summed E-state index contributed by atoms with van der Waals surface area (Å²) < 4.78 is 10.6. The zero-order valence-corrected chi connectivity index (χ0v) is 11.1. The van der Waals surface area contributed by atoms with E-state index in [2.05, 4.69) is 0 Å². The Balaban J connectivity index is 1.82. The molecular weight excluding hydrogens is 234 g/mol. The molecule has 0 aromatic rings. The molecule has 5 heteroatoms. The first kappa shape index (κ1) is 11.8. The van der Waals surface area contributed by atoms with Crippen molar-refractivity contribution < 1.29 is 19.1 Å². The number of rotatable bonds is 0. The largest absolute Gasteiger partial charge is 0.463 e. The molecule has 1 amide bonds. The monoisotopic (exact) mass is 253 g/mol. The van der Waals surface area contributed by atoms with E-state index in [1.165, 1.54) is 0 Å². The molecule has 3 fully saturated rings. The molecular formula is C13H19NO4. The van der Waals surface area contributed by atoms with Crippen LogP contribution in [0.15, 0.2) is 0 Å². The number of ether oxygens (including phenoxy) is 2. The van der Waals surface area contributed by atoms with Gasteiger partial charge in [0.25, 0.3) is 0 Å². The highest BCUT2D eigenvalue weighted by molar-refractivity contribution is 5.81. The van der Waals surface area contributed by atoms with Crippen molar-refractivity contribution in [3.05, 3.63) is 0 Å². The van der Waals surface area contributed by atoms with Crippen LogP contribution in [0.4, 0.5) is 4.79 Å². The van der Waals surface area contributed by atoms with Crippen LogP contribution in [0.25, 0.3) is 0 Å². The number of cyclic esters (lactones) is 1. The summed E-state index contributed by atoms with van der Waals surface area (Å²) in [6.07, 6.45) is 1.50. The lowest BCUT2D eigenvalue weighted by Gasteiger charge is -2.48. The van der Waals surface area contributed by atoms with Crippen molar-refractivity contribution in [2.75, 3.05) is 13.2 Å². The molecule has 0 bridgehead atoms. The first-order valence-corrected chi connectivity index (χ1v) is 6.52. The van der Waals surface area contributed by atoms with Gasteiger partial charge >= 0.3 is 12.1 Å². The van der Waals surface area contributed by atoms with Crippen LogP contribution in [0, 0.1) is 11.8 Å². The quantitative estimate of drug-likeness (QED) is 0.615. The van der Waals surface area contributed by atoms with Crippen molar-refractivity contribution in [3.63, 3.8) is 0 Å². The van der Waals surface area contributed by atoms with Crippen LogP contribution in [0.1, 0.15) is 33.6 Å². The Morgan fingerprint density at radius 2 is 2.22 bits per heavy atom. The summed E-state index contributed by atoms with van der Waals surface area (Å²) in [4.78, 5) is 25.6. The first-order chi connectivity index (χ1) is 8.34. The van der Waals surface area contributed by atoms with Gasteiger partial charge in [-0.25, -0.2) is 4.79 Å². The second-order valence-electron chi connectivity index (χ2n) is 6.50. The van der Waals surface area contributed by atoms with E-state index in [0.717, 1.165) is 12.8 Å². The third kappa shape index (κ3) is 1.39. The van der Waals surface area contributed by atoms with Crippen LogP contribution in [-0.2, 0) is 14.3 Å². The Labute approximate surface area is 106 Å². The molecule has 1 saturated carbocycles. The van der Waals surface area contributed by atoms with Crippen LogP contribution >= 0.6 is 0 Å². The minimum atomic E-state index is -0.505. The molecule has 0 unspecified atom stereocenters. The average molecular weight is 253 g/mol. The molecule has 1 aliphatic carbocycles. The maximum absolute atomic E-state index is 12.2. The van der Waals surface area contributed by atoms with Crippen molar-refractivity contribution in [1.29, 1.82) is 0 Å². The number of carbonyl (C=O) groups excluding carboxylic acids is 2. The Hall–Kier alpha value is -1.26. The van der Waals surface area contributed by atoms with Gasteiger partial charge in [0.2, 0.25) is 0 Å². The standard InChI is InChI=1S/C13H19NO4/c1-12(2,3)18-11(16)14-5-4-8-6-9-10(15)17-7-13(8,9)14/h8-9H,4-7H2,1-3H3/t8-,9+,13-/m0/s1. The van der Waals surface area contributed by atoms with Gasteiger partial charge < -0.3 is 9.47 Å². The average Bonchev–Trinajstić information content (AvgIpc) is 2.61. The molecule has 3 atom stereocenters. The zero-order chi connectivity index (χ0) is 13.1. The van der Waals surface area contributed by atoms with Gasteiger partial charge in [0.15, 0.2) is 0 Å². The fourth-order valence-corrected chi connectivity index (χ4v) is 3.55. The minimum absolute atomic E-state index is 0.127. The van der Waals surface area contributed by atoms with Gasteiger partial charge in [-0.3, -0.25) is 9.69 Å². The molecule has 0 aromatic carbocycles. The highest BCUT2D eigenvalue weighted by Crippen LogP contribution is 2.58. The second-order valence-corrected chi connectivity index (χ2v) is 6.50. The third-order valence-electron chi connectivity index (χ3n) is 4.38. The number of hydrogen-bond donors (Lipinski definition) is 0. The normalized spacial score (nSPS) is 37.7. The third-order valence-corrected chi connectivity index (χ3v) is 4.38. The maximum atomic E-state index is 12.2. The Morgan fingerprint density at radius 3 is 2.83 bits per heavy atom. The van der Waals surface area contributed by atoms with Crippen LogP contribution in [0.3, 0.4) is 0 Å². The summed E-state index contributed by atoms with van der Waals surface area (Å²) in [5.74, 6) is 0.126. The fraction of sp³-hybridized carbons (Fsp3) is 0.846. The van der Waals surface area contributed by atoms with E-state index in [1.807, 2.05) is 20.8 Å². The van der Waals surface area contributed by atoms with Gasteiger partial charge in [-0.15, -0.1) is 0 Å². The van der Waals surface area contributed by atoms with Gasteiger partial charge in [-0.2, -0.15) is 0 Å². The molecule has 2 saturated heterocycles. The highest BCUT2D eigenvalue weighted by Gasteiger charge is 2.70. The van der Waals surface area contributed by atoms with Gasteiger partial charge in [-0.05, 0) is 39.5 Å². The van der Waals surface area contributed by atoms with Crippen molar-refractivity contribution in [3.8, 4) is 0 Å².